The van der Waals surface area contributed by atoms with E-state index >= 15 is 0 Å². The summed E-state index contributed by atoms with van der Waals surface area (Å²) < 4.78 is 6.81. The number of aromatic nitrogens is 1. The predicted octanol–water partition coefficient (Wildman–Crippen LogP) is 11.9. The molecule has 0 spiro atoms. The van der Waals surface area contributed by atoms with Gasteiger partial charge in [0.25, 0.3) is 0 Å². The number of rotatable bonds is 5. The van der Waals surface area contributed by atoms with Crippen LogP contribution >= 0.6 is 0 Å². The second-order valence-corrected chi connectivity index (χ2v) is 16.7. The van der Waals surface area contributed by atoms with Crippen molar-refractivity contribution >= 4 is 23.0 Å². The predicted molar refractivity (Wildman–Crippen MR) is 219 cm³/mol. The van der Waals surface area contributed by atoms with Gasteiger partial charge in [0, 0.05) is 46.7 Å². The van der Waals surface area contributed by atoms with Crippen LogP contribution in [0.2, 0.25) is 0 Å². The Morgan fingerprint density at radius 2 is 1.56 bits per heavy atom. The number of anilines is 3. The third-order valence-corrected chi connectivity index (χ3v) is 11.5. The van der Waals surface area contributed by atoms with Gasteiger partial charge in [0.1, 0.15) is 5.82 Å². The molecule has 0 unspecified atom stereocenters. The zero-order valence-corrected chi connectivity index (χ0v) is 35.0. The van der Waals surface area contributed by atoms with Gasteiger partial charge >= 0.3 is 21.1 Å². The Balaban J connectivity index is 0.00000427. The van der Waals surface area contributed by atoms with Gasteiger partial charge in [-0.25, -0.2) is 4.98 Å². The minimum Gasteiger partial charge on any atom is -0.503 e. The molecule has 5 nitrogen and oxygen atoms in total. The third-order valence-electron chi connectivity index (χ3n) is 11.5. The first kappa shape index (κ1) is 37.0. The zero-order chi connectivity index (χ0) is 37.5. The number of aryl methyl sites for hydroxylation is 3. The number of aliphatic imine (C=N–C) groups is 1. The molecular formula is C49H46N4OPt. The van der Waals surface area contributed by atoms with Crippen LogP contribution < -0.4 is 9.64 Å². The van der Waals surface area contributed by atoms with Crippen LogP contribution in [0.25, 0.3) is 0 Å². The van der Waals surface area contributed by atoms with E-state index in [1.165, 1.54) is 33.4 Å². The quantitative estimate of drug-likeness (QED) is 0.162. The molecule has 0 radical (unpaired) electrons. The average molecular weight is 902 g/mol. The third kappa shape index (κ3) is 6.21. The van der Waals surface area contributed by atoms with Crippen LogP contribution in [0.5, 0.6) is 11.5 Å². The Kier molecular flexibility index (Phi) is 9.16. The summed E-state index contributed by atoms with van der Waals surface area (Å²) in [7, 11) is 0. The molecule has 0 amide bonds. The molecule has 0 aliphatic carbocycles. The van der Waals surface area contributed by atoms with Crippen LogP contribution in [0.1, 0.15) is 102 Å². The van der Waals surface area contributed by atoms with Crippen LogP contribution in [-0.4, -0.2) is 15.7 Å². The summed E-state index contributed by atoms with van der Waals surface area (Å²) in [5.41, 5.74) is 13.7. The Labute approximate surface area is 340 Å². The van der Waals surface area contributed by atoms with E-state index in [0.717, 1.165) is 51.8 Å². The van der Waals surface area contributed by atoms with Crippen LogP contribution in [-0.2, 0) is 38.4 Å². The van der Waals surface area contributed by atoms with Crippen molar-refractivity contribution in [2.24, 2.45) is 4.99 Å². The van der Waals surface area contributed by atoms with Gasteiger partial charge in [0.2, 0.25) is 0 Å². The topological polar surface area (TPSA) is 41.0 Å². The van der Waals surface area contributed by atoms with E-state index in [1.807, 2.05) is 12.3 Å². The first-order valence-electron chi connectivity index (χ1n) is 19.0. The van der Waals surface area contributed by atoms with Gasteiger partial charge < -0.3 is 19.5 Å². The Morgan fingerprint density at radius 3 is 2.35 bits per heavy atom. The maximum absolute atomic E-state index is 6.81. The molecular weight excluding hydrogens is 856 g/mol. The van der Waals surface area contributed by atoms with Gasteiger partial charge in [-0.1, -0.05) is 146 Å². The number of nitrogens with zero attached hydrogens (tertiary/aromatic N) is 4. The number of hydrogen-bond donors (Lipinski definition) is 0. The number of benzene rings is 5. The molecule has 0 fully saturated rings. The average Bonchev–Trinajstić information content (AvgIpc) is 3.70. The molecule has 55 heavy (non-hydrogen) atoms. The summed E-state index contributed by atoms with van der Waals surface area (Å²) in [4.78, 5) is 15.1. The monoisotopic (exact) mass is 901 g/mol. The summed E-state index contributed by atoms with van der Waals surface area (Å²) in [6.07, 6.45) is 1.88. The van der Waals surface area contributed by atoms with Crippen LogP contribution in [0.15, 0.2) is 114 Å². The molecule has 3 aliphatic rings. The van der Waals surface area contributed by atoms with E-state index in [1.54, 1.807) is 0 Å². The number of ether oxygens (including phenoxy) is 1. The standard InChI is InChI=1S/C49H46N4O.Pt/c1-30-23-36(53-42-21-20-35(48(4,5)6)26-41(42)49(7,8)40-19-14-22-50-47(40)53)27-37(24-30)54-43-28-39(31(2)25-32(43)3)46-51-44(33-15-10-9-11-16-33)45-38-18-13-12-17-34(38)29-52(45)46;/h9-26,44-45H,29H2,1-8H3;/q-2;+2/t44-,45+;/m1./s1. The minimum absolute atomic E-state index is 0. The summed E-state index contributed by atoms with van der Waals surface area (Å²) in [6.45, 7) is 18.6. The molecule has 3 aliphatic heterocycles. The fraction of sp³-hybridized carbons (Fsp3) is 0.265. The van der Waals surface area contributed by atoms with Crippen LogP contribution in [0, 0.1) is 32.9 Å². The van der Waals surface area contributed by atoms with Gasteiger partial charge in [0.05, 0.1) is 12.1 Å². The molecule has 6 heteroatoms. The largest absolute Gasteiger partial charge is 2.00 e. The molecule has 0 bridgehead atoms. The van der Waals surface area contributed by atoms with E-state index in [2.05, 4.69) is 174 Å². The van der Waals surface area contributed by atoms with Gasteiger partial charge in [-0.05, 0) is 45.4 Å². The van der Waals surface area contributed by atoms with Crippen molar-refractivity contribution in [3.05, 3.63) is 177 Å². The smallest absolute Gasteiger partial charge is 0.503 e. The van der Waals surface area contributed by atoms with Crippen LogP contribution in [0.3, 0.4) is 0 Å². The minimum atomic E-state index is -0.234. The van der Waals surface area contributed by atoms with Gasteiger partial charge in [-0.3, -0.25) is 0 Å². The van der Waals surface area contributed by atoms with Gasteiger partial charge in [0.15, 0.2) is 0 Å². The van der Waals surface area contributed by atoms with Crippen molar-refractivity contribution in [3.63, 3.8) is 0 Å². The number of pyridine rings is 1. The first-order valence-corrected chi connectivity index (χ1v) is 19.0. The molecule has 2 atom stereocenters. The van der Waals surface area contributed by atoms with E-state index < -0.39 is 0 Å². The van der Waals surface area contributed by atoms with Crippen molar-refractivity contribution < 1.29 is 25.8 Å². The second-order valence-electron chi connectivity index (χ2n) is 16.7. The normalized spacial score (nSPS) is 17.8. The molecule has 1 aromatic heterocycles. The van der Waals surface area contributed by atoms with E-state index in [0.29, 0.717) is 11.5 Å². The van der Waals surface area contributed by atoms with Crippen molar-refractivity contribution in [1.82, 2.24) is 9.88 Å². The summed E-state index contributed by atoms with van der Waals surface area (Å²) in [5.74, 6) is 3.19. The van der Waals surface area contributed by atoms with Crippen molar-refractivity contribution in [2.75, 3.05) is 4.90 Å². The molecule has 4 heterocycles. The van der Waals surface area contributed by atoms with E-state index in [9.17, 15) is 0 Å². The van der Waals surface area contributed by atoms with Crippen LogP contribution in [0.4, 0.5) is 17.2 Å². The zero-order valence-electron chi connectivity index (χ0n) is 32.8. The second kappa shape index (κ2) is 13.6. The number of amidine groups is 1. The van der Waals surface area contributed by atoms with Gasteiger partial charge in [-0.15, -0.1) is 35.4 Å². The Morgan fingerprint density at radius 1 is 0.800 bits per heavy atom. The first-order chi connectivity index (χ1) is 25.9. The van der Waals surface area contributed by atoms with E-state index in [4.69, 9.17) is 14.7 Å². The van der Waals surface area contributed by atoms with Crippen molar-refractivity contribution in [2.45, 2.75) is 84.8 Å². The fourth-order valence-corrected chi connectivity index (χ4v) is 8.68. The summed E-state index contributed by atoms with van der Waals surface area (Å²) in [5, 5.41) is 0. The SMILES string of the molecule is Cc1cc(Oc2[c-]c(C3=N[C@H](c4ccccc4)[C@@H]4c5ccccc5CN34)c(C)cc2C)[c-]c(N2c3ccc(C(C)(C)C)cc3C(C)(C)c3cccnc32)c1.[Pt+2]. The molecule has 9 rings (SSSR count). The van der Waals surface area contributed by atoms with Gasteiger partial charge in [-0.2, -0.15) is 5.56 Å². The van der Waals surface area contributed by atoms with Crippen molar-refractivity contribution in [1.29, 1.82) is 0 Å². The fourth-order valence-electron chi connectivity index (χ4n) is 8.68. The molecule has 5 aromatic carbocycles. The molecule has 0 saturated heterocycles. The Bertz CT molecular complexity index is 2480. The maximum atomic E-state index is 6.81. The number of hydrogen-bond acceptors (Lipinski definition) is 5. The van der Waals surface area contributed by atoms with Crippen molar-refractivity contribution in [3.8, 4) is 11.5 Å². The molecule has 0 N–H and O–H groups in total. The number of fused-ring (bicyclic) bond motifs is 5. The van der Waals surface area contributed by atoms with E-state index in [-0.39, 0.29) is 44.0 Å². The maximum Gasteiger partial charge on any atom is 2.00 e. The molecule has 0 saturated carbocycles. The molecule has 6 aromatic rings. The Hall–Kier alpha value is -4.99. The summed E-state index contributed by atoms with van der Waals surface area (Å²) in [6, 6.07) is 44.6. The molecule has 278 valence electrons. The summed E-state index contributed by atoms with van der Waals surface area (Å²) >= 11 is 0.